The maximum absolute atomic E-state index is 5.90. The maximum atomic E-state index is 5.90. The molecule has 0 N–H and O–H groups in total. The van der Waals surface area contributed by atoms with E-state index >= 15 is 0 Å². The summed E-state index contributed by atoms with van der Waals surface area (Å²) < 4.78 is 0. The summed E-state index contributed by atoms with van der Waals surface area (Å²) in [7, 11) is 0. The van der Waals surface area contributed by atoms with Gasteiger partial charge in [-0.15, -0.1) is 0 Å². The van der Waals surface area contributed by atoms with E-state index in [2.05, 4.69) is 15.0 Å². The van der Waals surface area contributed by atoms with Gasteiger partial charge in [-0.3, -0.25) is 4.98 Å². The molecular weight excluding hydrogens is 269 g/mol. The molecule has 0 radical (unpaired) electrons. The minimum absolute atomic E-state index is 0.325. The van der Waals surface area contributed by atoms with Gasteiger partial charge in [-0.05, 0) is 12.1 Å². The molecule has 0 aliphatic carbocycles. The Kier molecular flexibility index (Phi) is 2.86. The summed E-state index contributed by atoms with van der Waals surface area (Å²) in [6, 6.07) is 11.1. The van der Waals surface area contributed by atoms with Crippen molar-refractivity contribution in [1.29, 1.82) is 0 Å². The molecule has 0 aliphatic heterocycles. The molecule has 0 bridgehead atoms. The zero-order valence-electron chi connectivity index (χ0n) is 9.14. The molecule has 3 aromatic rings. The van der Waals surface area contributed by atoms with Crippen LogP contribution in [-0.4, -0.2) is 15.0 Å². The summed E-state index contributed by atoms with van der Waals surface area (Å²) in [5.74, 6) is 0.506. The number of hydrogen-bond donors (Lipinski definition) is 0. The Labute approximate surface area is 113 Å². The van der Waals surface area contributed by atoms with E-state index in [0.717, 1.165) is 16.5 Å². The third-order valence-corrected chi connectivity index (χ3v) is 2.94. The van der Waals surface area contributed by atoms with E-state index in [-0.39, 0.29) is 0 Å². The molecule has 0 amide bonds. The van der Waals surface area contributed by atoms with E-state index in [1.807, 2.05) is 30.3 Å². The Hall–Kier alpha value is -1.71. The van der Waals surface area contributed by atoms with Gasteiger partial charge >= 0.3 is 0 Å². The monoisotopic (exact) mass is 275 g/mol. The predicted molar refractivity (Wildman–Crippen MR) is 72.8 cm³/mol. The standard InChI is InChI=1S/C13H7Cl2N3/c14-11-7-12(15)18-13(17-11)9-5-6-16-10-4-2-1-3-8(9)10/h1-7H. The van der Waals surface area contributed by atoms with Gasteiger partial charge in [0.2, 0.25) is 0 Å². The third kappa shape index (κ3) is 2.03. The maximum Gasteiger partial charge on any atom is 0.163 e. The molecular formula is C13H7Cl2N3. The first-order valence-electron chi connectivity index (χ1n) is 5.28. The van der Waals surface area contributed by atoms with Crippen LogP contribution in [0.4, 0.5) is 0 Å². The van der Waals surface area contributed by atoms with Crippen molar-refractivity contribution in [3.8, 4) is 11.4 Å². The number of halogens is 2. The molecule has 0 fully saturated rings. The van der Waals surface area contributed by atoms with E-state index in [1.165, 1.54) is 6.07 Å². The molecule has 0 saturated carbocycles. The summed E-state index contributed by atoms with van der Waals surface area (Å²) in [6.07, 6.45) is 1.72. The molecule has 0 unspecified atom stereocenters. The molecule has 18 heavy (non-hydrogen) atoms. The zero-order chi connectivity index (χ0) is 12.5. The minimum atomic E-state index is 0.325. The largest absolute Gasteiger partial charge is 0.256 e. The quantitative estimate of drug-likeness (QED) is 0.630. The highest BCUT2D eigenvalue weighted by molar-refractivity contribution is 6.33. The van der Waals surface area contributed by atoms with E-state index in [1.54, 1.807) is 6.20 Å². The molecule has 3 rings (SSSR count). The van der Waals surface area contributed by atoms with Gasteiger partial charge in [0.15, 0.2) is 5.82 Å². The molecule has 2 heterocycles. The number of hydrogen-bond acceptors (Lipinski definition) is 3. The second-order valence-electron chi connectivity index (χ2n) is 3.71. The molecule has 0 aliphatic rings. The number of benzene rings is 1. The van der Waals surface area contributed by atoms with Crippen molar-refractivity contribution in [1.82, 2.24) is 15.0 Å². The van der Waals surface area contributed by atoms with Crippen LogP contribution in [0.5, 0.6) is 0 Å². The highest BCUT2D eigenvalue weighted by Crippen LogP contribution is 2.26. The molecule has 0 atom stereocenters. The first-order chi connectivity index (χ1) is 8.74. The summed E-state index contributed by atoms with van der Waals surface area (Å²) in [5, 5.41) is 1.62. The van der Waals surface area contributed by atoms with Crippen LogP contribution in [0.15, 0.2) is 42.6 Å². The van der Waals surface area contributed by atoms with Gasteiger partial charge in [0.05, 0.1) is 5.52 Å². The van der Waals surface area contributed by atoms with Crippen LogP contribution >= 0.6 is 23.2 Å². The molecule has 0 saturated heterocycles. The smallest absolute Gasteiger partial charge is 0.163 e. The second-order valence-corrected chi connectivity index (χ2v) is 4.49. The average Bonchev–Trinajstić information content (AvgIpc) is 2.37. The fraction of sp³-hybridized carbons (Fsp3) is 0. The minimum Gasteiger partial charge on any atom is -0.256 e. The molecule has 2 aromatic heterocycles. The Morgan fingerprint density at radius 3 is 2.39 bits per heavy atom. The number of nitrogens with zero attached hydrogens (tertiary/aromatic N) is 3. The number of rotatable bonds is 1. The Morgan fingerprint density at radius 1 is 0.889 bits per heavy atom. The van der Waals surface area contributed by atoms with Crippen LogP contribution < -0.4 is 0 Å². The normalized spacial score (nSPS) is 10.8. The Bertz CT molecular complexity index is 703. The van der Waals surface area contributed by atoms with Crippen molar-refractivity contribution in [3.63, 3.8) is 0 Å². The van der Waals surface area contributed by atoms with Crippen LogP contribution in [0.3, 0.4) is 0 Å². The van der Waals surface area contributed by atoms with Crippen LogP contribution in [0.1, 0.15) is 0 Å². The van der Waals surface area contributed by atoms with Crippen LogP contribution in [-0.2, 0) is 0 Å². The van der Waals surface area contributed by atoms with Gasteiger partial charge in [0.1, 0.15) is 10.3 Å². The molecule has 0 spiro atoms. The number of para-hydroxylation sites is 1. The van der Waals surface area contributed by atoms with Crippen molar-refractivity contribution >= 4 is 34.1 Å². The average molecular weight is 276 g/mol. The summed E-state index contributed by atoms with van der Waals surface area (Å²) >= 11 is 11.8. The first kappa shape index (κ1) is 11.4. The fourth-order valence-electron chi connectivity index (χ4n) is 1.80. The molecule has 1 aromatic carbocycles. The van der Waals surface area contributed by atoms with Crippen molar-refractivity contribution < 1.29 is 0 Å². The highest BCUT2D eigenvalue weighted by Gasteiger charge is 2.08. The van der Waals surface area contributed by atoms with Gasteiger partial charge in [0.25, 0.3) is 0 Å². The van der Waals surface area contributed by atoms with Crippen molar-refractivity contribution in [2.45, 2.75) is 0 Å². The highest BCUT2D eigenvalue weighted by atomic mass is 35.5. The number of pyridine rings is 1. The lowest BCUT2D eigenvalue weighted by Gasteiger charge is -2.05. The second kappa shape index (κ2) is 4.52. The topological polar surface area (TPSA) is 38.7 Å². The lowest BCUT2D eigenvalue weighted by molar-refractivity contribution is 1.18. The van der Waals surface area contributed by atoms with E-state index in [9.17, 15) is 0 Å². The number of aromatic nitrogens is 3. The van der Waals surface area contributed by atoms with E-state index in [4.69, 9.17) is 23.2 Å². The lowest BCUT2D eigenvalue weighted by Crippen LogP contribution is -1.92. The van der Waals surface area contributed by atoms with Crippen LogP contribution in [0.25, 0.3) is 22.3 Å². The van der Waals surface area contributed by atoms with Gasteiger partial charge in [-0.25, -0.2) is 9.97 Å². The summed E-state index contributed by atoms with van der Waals surface area (Å²) in [4.78, 5) is 12.7. The molecule has 88 valence electrons. The van der Waals surface area contributed by atoms with Crippen molar-refractivity contribution in [2.75, 3.05) is 0 Å². The van der Waals surface area contributed by atoms with Crippen LogP contribution in [0.2, 0.25) is 10.3 Å². The van der Waals surface area contributed by atoms with E-state index < -0.39 is 0 Å². The predicted octanol–water partition coefficient (Wildman–Crippen LogP) is 4.00. The fourth-order valence-corrected chi connectivity index (χ4v) is 2.22. The van der Waals surface area contributed by atoms with Gasteiger partial charge in [-0.1, -0.05) is 41.4 Å². The Morgan fingerprint density at radius 2 is 1.61 bits per heavy atom. The van der Waals surface area contributed by atoms with Gasteiger partial charge in [0, 0.05) is 23.2 Å². The third-order valence-electron chi connectivity index (χ3n) is 2.55. The SMILES string of the molecule is Clc1cc(Cl)nc(-c2ccnc3ccccc23)n1. The van der Waals surface area contributed by atoms with Crippen molar-refractivity contribution in [3.05, 3.63) is 52.9 Å². The van der Waals surface area contributed by atoms with E-state index in [0.29, 0.717) is 16.1 Å². The number of fused-ring (bicyclic) bond motifs is 1. The van der Waals surface area contributed by atoms with Crippen LogP contribution in [0, 0.1) is 0 Å². The molecule has 3 nitrogen and oxygen atoms in total. The molecule has 5 heteroatoms. The Balaban J connectivity index is 2.31. The summed E-state index contributed by atoms with van der Waals surface area (Å²) in [5.41, 5.74) is 1.75. The van der Waals surface area contributed by atoms with Crippen molar-refractivity contribution in [2.24, 2.45) is 0 Å². The summed E-state index contributed by atoms with van der Waals surface area (Å²) in [6.45, 7) is 0. The zero-order valence-corrected chi connectivity index (χ0v) is 10.7. The van der Waals surface area contributed by atoms with Gasteiger partial charge < -0.3 is 0 Å². The van der Waals surface area contributed by atoms with Gasteiger partial charge in [-0.2, -0.15) is 0 Å². The first-order valence-corrected chi connectivity index (χ1v) is 6.04. The lowest BCUT2D eigenvalue weighted by atomic mass is 10.1.